The summed E-state index contributed by atoms with van der Waals surface area (Å²) in [4.78, 5) is 23.5. The molecule has 0 atom stereocenters. The molecule has 2 N–H and O–H groups in total. The average molecular weight is 483 g/mol. The van der Waals surface area contributed by atoms with Crippen molar-refractivity contribution >= 4 is 52.4 Å². The number of benzene rings is 3. The average Bonchev–Trinajstić information content (AvgIpc) is 2.72. The molecule has 0 spiro atoms. The molecule has 0 aliphatic rings. The second-order valence-corrected chi connectivity index (χ2v) is 7.71. The fraction of sp³-hybridized carbons (Fsp3) is 0.0909. The Morgan fingerprint density at radius 2 is 1.81 bits per heavy atom. The Kier molecular flexibility index (Phi) is 7.38. The first-order valence-corrected chi connectivity index (χ1v) is 10.0. The molecule has 0 saturated carbocycles. The van der Waals surface area contributed by atoms with Crippen molar-refractivity contribution in [2.24, 2.45) is 0 Å². The number of halogens is 4. The van der Waals surface area contributed by atoms with Gasteiger partial charge in [-0.15, -0.1) is 0 Å². The third-order valence-electron chi connectivity index (χ3n) is 4.23. The zero-order valence-electron chi connectivity index (χ0n) is 15.8. The van der Waals surface area contributed by atoms with Crippen LogP contribution < -0.4 is 10.1 Å². The van der Waals surface area contributed by atoms with Crippen LogP contribution in [-0.4, -0.2) is 17.0 Å². The first-order chi connectivity index (χ1) is 14.7. The van der Waals surface area contributed by atoms with Gasteiger partial charge in [0.2, 0.25) is 0 Å². The van der Waals surface area contributed by atoms with Crippen LogP contribution in [0.5, 0.6) is 5.75 Å². The van der Waals surface area contributed by atoms with Crippen molar-refractivity contribution in [3.63, 3.8) is 0 Å². The highest BCUT2D eigenvalue weighted by Crippen LogP contribution is 2.30. The van der Waals surface area contributed by atoms with Crippen LogP contribution in [0.2, 0.25) is 15.1 Å². The Hall–Kier alpha value is -2.80. The molecule has 0 aliphatic heterocycles. The van der Waals surface area contributed by atoms with E-state index >= 15 is 0 Å². The van der Waals surface area contributed by atoms with Crippen molar-refractivity contribution in [2.75, 3.05) is 5.32 Å². The molecule has 160 valence electrons. The minimum absolute atomic E-state index is 0.0142. The third-order valence-corrected chi connectivity index (χ3v) is 5.16. The summed E-state index contributed by atoms with van der Waals surface area (Å²) in [7, 11) is 0. The van der Waals surface area contributed by atoms with Gasteiger partial charge < -0.3 is 15.2 Å². The maximum Gasteiger partial charge on any atom is 0.307 e. The lowest BCUT2D eigenvalue weighted by molar-refractivity contribution is -0.136. The molecule has 0 fully saturated rings. The molecule has 3 aromatic rings. The lowest BCUT2D eigenvalue weighted by Gasteiger charge is -2.12. The minimum Gasteiger partial charge on any atom is -0.489 e. The van der Waals surface area contributed by atoms with Gasteiger partial charge in [0, 0.05) is 10.6 Å². The van der Waals surface area contributed by atoms with Crippen LogP contribution in [0, 0.1) is 5.82 Å². The van der Waals surface area contributed by atoms with E-state index in [4.69, 9.17) is 44.6 Å². The Morgan fingerprint density at radius 3 is 2.52 bits per heavy atom. The van der Waals surface area contributed by atoms with Gasteiger partial charge in [-0.3, -0.25) is 9.59 Å². The van der Waals surface area contributed by atoms with Crippen molar-refractivity contribution in [2.45, 2.75) is 13.0 Å². The SMILES string of the molecule is O=C(O)Cc1ccc(NC(=O)c2cc(OCc3cccc(Cl)c3)ccc2Cl)c(Cl)c1F. The second-order valence-electron chi connectivity index (χ2n) is 6.49. The van der Waals surface area contributed by atoms with E-state index < -0.39 is 29.1 Å². The molecule has 1 amide bonds. The monoisotopic (exact) mass is 481 g/mol. The summed E-state index contributed by atoms with van der Waals surface area (Å²) >= 11 is 18.1. The quantitative estimate of drug-likeness (QED) is 0.418. The van der Waals surface area contributed by atoms with E-state index in [2.05, 4.69) is 5.32 Å². The number of carbonyl (C=O) groups is 2. The maximum absolute atomic E-state index is 14.3. The number of amides is 1. The van der Waals surface area contributed by atoms with Gasteiger partial charge in [0.05, 0.1) is 22.7 Å². The third kappa shape index (κ3) is 5.88. The van der Waals surface area contributed by atoms with Crippen LogP contribution in [0.3, 0.4) is 0 Å². The second kappa shape index (κ2) is 10.0. The van der Waals surface area contributed by atoms with Gasteiger partial charge in [-0.25, -0.2) is 4.39 Å². The first-order valence-electron chi connectivity index (χ1n) is 8.91. The van der Waals surface area contributed by atoms with Crippen molar-refractivity contribution < 1.29 is 23.8 Å². The van der Waals surface area contributed by atoms with Gasteiger partial charge in [-0.1, -0.05) is 53.0 Å². The van der Waals surface area contributed by atoms with Gasteiger partial charge in [0.25, 0.3) is 5.91 Å². The summed E-state index contributed by atoms with van der Waals surface area (Å²) in [5.74, 6) is -2.35. The summed E-state index contributed by atoms with van der Waals surface area (Å²) in [6.45, 7) is 0.228. The smallest absolute Gasteiger partial charge is 0.307 e. The number of nitrogens with one attached hydrogen (secondary N) is 1. The Labute approximate surface area is 192 Å². The summed E-state index contributed by atoms with van der Waals surface area (Å²) in [6.07, 6.45) is -0.530. The van der Waals surface area contributed by atoms with Crippen LogP contribution in [0.1, 0.15) is 21.5 Å². The first kappa shape index (κ1) is 22.9. The van der Waals surface area contributed by atoms with E-state index in [-0.39, 0.29) is 28.4 Å². The topological polar surface area (TPSA) is 75.6 Å². The highest BCUT2D eigenvalue weighted by Gasteiger charge is 2.18. The zero-order chi connectivity index (χ0) is 22.5. The highest BCUT2D eigenvalue weighted by molar-refractivity contribution is 6.36. The lowest BCUT2D eigenvalue weighted by atomic mass is 10.1. The predicted molar refractivity (Wildman–Crippen MR) is 118 cm³/mol. The van der Waals surface area contributed by atoms with E-state index in [1.807, 2.05) is 6.07 Å². The standard InChI is InChI=1S/C22H15Cl3FNO4/c23-14-3-1-2-12(8-14)11-31-15-5-6-17(24)16(10-15)22(30)27-18-7-4-13(9-19(28)29)21(26)20(18)25/h1-8,10H,9,11H2,(H,27,30)(H,28,29). The van der Waals surface area contributed by atoms with Gasteiger partial charge in [-0.05, 0) is 42.0 Å². The summed E-state index contributed by atoms with van der Waals surface area (Å²) in [5.41, 5.74) is 0.832. The number of anilines is 1. The number of aliphatic carboxylic acids is 1. The molecule has 0 bridgehead atoms. The Morgan fingerprint density at radius 1 is 1.03 bits per heavy atom. The van der Waals surface area contributed by atoms with Gasteiger partial charge in [0.1, 0.15) is 23.2 Å². The van der Waals surface area contributed by atoms with Crippen molar-refractivity contribution in [1.82, 2.24) is 0 Å². The molecule has 31 heavy (non-hydrogen) atoms. The molecular weight excluding hydrogens is 468 g/mol. The number of hydrogen-bond donors (Lipinski definition) is 2. The largest absolute Gasteiger partial charge is 0.489 e. The van der Waals surface area contributed by atoms with Crippen LogP contribution in [0.4, 0.5) is 10.1 Å². The zero-order valence-corrected chi connectivity index (χ0v) is 18.1. The van der Waals surface area contributed by atoms with Crippen LogP contribution in [0.25, 0.3) is 0 Å². The molecule has 3 rings (SSSR count). The van der Waals surface area contributed by atoms with E-state index in [1.54, 1.807) is 24.3 Å². The molecule has 0 heterocycles. The molecule has 0 saturated heterocycles. The van der Waals surface area contributed by atoms with E-state index in [1.165, 1.54) is 24.3 Å². The van der Waals surface area contributed by atoms with Crippen molar-refractivity contribution in [1.29, 1.82) is 0 Å². The molecular formula is C22H15Cl3FNO4. The van der Waals surface area contributed by atoms with Crippen molar-refractivity contribution in [3.05, 3.63) is 92.2 Å². The summed E-state index contributed by atoms with van der Waals surface area (Å²) in [6, 6.07) is 14.3. The molecule has 3 aromatic carbocycles. The molecule has 0 unspecified atom stereocenters. The number of carboxylic acids is 1. The summed E-state index contributed by atoms with van der Waals surface area (Å²) < 4.78 is 20.0. The maximum atomic E-state index is 14.3. The fourth-order valence-corrected chi connectivity index (χ4v) is 3.38. The van der Waals surface area contributed by atoms with E-state index in [9.17, 15) is 14.0 Å². The number of rotatable bonds is 7. The molecule has 0 aromatic heterocycles. The van der Waals surface area contributed by atoms with Gasteiger partial charge >= 0.3 is 5.97 Å². The summed E-state index contributed by atoms with van der Waals surface area (Å²) in [5, 5.41) is 11.6. The number of carbonyl (C=O) groups excluding carboxylic acids is 1. The number of ether oxygens (including phenoxy) is 1. The van der Waals surface area contributed by atoms with E-state index in [0.717, 1.165) is 5.56 Å². The normalized spacial score (nSPS) is 10.6. The Balaban J connectivity index is 1.76. The Bertz CT molecular complexity index is 1150. The highest BCUT2D eigenvalue weighted by atomic mass is 35.5. The molecule has 5 nitrogen and oxygen atoms in total. The van der Waals surface area contributed by atoms with Crippen molar-refractivity contribution in [3.8, 4) is 5.75 Å². The van der Waals surface area contributed by atoms with Gasteiger partial charge in [-0.2, -0.15) is 0 Å². The molecule has 0 aliphatic carbocycles. The molecule has 9 heteroatoms. The van der Waals surface area contributed by atoms with Crippen LogP contribution in [-0.2, 0) is 17.8 Å². The van der Waals surface area contributed by atoms with E-state index in [0.29, 0.717) is 10.8 Å². The van der Waals surface area contributed by atoms with Crippen LogP contribution in [0.15, 0.2) is 54.6 Å². The predicted octanol–water partition coefficient (Wildman–Crippen LogP) is 6.24. The molecule has 0 radical (unpaired) electrons. The fourth-order valence-electron chi connectivity index (χ4n) is 2.74. The van der Waals surface area contributed by atoms with Gasteiger partial charge in [0.15, 0.2) is 0 Å². The lowest BCUT2D eigenvalue weighted by Crippen LogP contribution is -2.14. The van der Waals surface area contributed by atoms with Crippen LogP contribution >= 0.6 is 34.8 Å². The number of hydrogen-bond acceptors (Lipinski definition) is 3. The number of carboxylic acid groups (broad SMARTS) is 1. The minimum atomic E-state index is -1.20.